The van der Waals surface area contributed by atoms with Gasteiger partial charge in [0.1, 0.15) is 12.1 Å². The van der Waals surface area contributed by atoms with Crippen molar-refractivity contribution >= 4 is 18.0 Å². The van der Waals surface area contributed by atoms with Gasteiger partial charge in [-0.05, 0) is 24.5 Å². The first-order valence-corrected chi connectivity index (χ1v) is 5.76. The smallest absolute Gasteiger partial charge is 0.252 e. The summed E-state index contributed by atoms with van der Waals surface area (Å²) in [6.45, 7) is 0.218. The summed E-state index contributed by atoms with van der Waals surface area (Å²) in [5, 5.41) is 2.58. The average Bonchev–Trinajstić information content (AvgIpc) is 2.35. The lowest BCUT2D eigenvalue weighted by molar-refractivity contribution is -0.116. The first kappa shape index (κ1) is 12.5. The molecule has 0 fully saturated rings. The molecule has 18 heavy (non-hydrogen) atoms. The summed E-state index contributed by atoms with van der Waals surface area (Å²) in [5.41, 5.74) is 0.673. The fourth-order valence-electron chi connectivity index (χ4n) is 1.69. The highest BCUT2D eigenvalue weighted by Crippen LogP contribution is 2.26. The summed E-state index contributed by atoms with van der Waals surface area (Å²) in [7, 11) is 0. The highest BCUT2D eigenvalue weighted by atomic mass is 19.1. The normalized spacial score (nSPS) is 13.7. The molecule has 0 spiro atoms. The molecule has 5 nitrogen and oxygen atoms in total. The van der Waals surface area contributed by atoms with E-state index >= 15 is 0 Å². The van der Waals surface area contributed by atoms with E-state index in [9.17, 15) is 14.0 Å². The number of nitrogens with zero attached hydrogens (tertiary/aromatic N) is 1. The number of fused-ring (bicyclic) bond motifs is 1. The Bertz CT molecular complexity index is 477. The number of carbonyl (C=O) groups is 2. The van der Waals surface area contributed by atoms with Gasteiger partial charge in [0, 0.05) is 12.8 Å². The molecule has 0 aliphatic carbocycles. The van der Waals surface area contributed by atoms with E-state index in [0.717, 1.165) is 6.29 Å². The molecular weight excluding hydrogens is 239 g/mol. The van der Waals surface area contributed by atoms with Crippen molar-refractivity contribution in [3.63, 3.8) is 0 Å². The van der Waals surface area contributed by atoms with Crippen LogP contribution in [0.15, 0.2) is 6.07 Å². The molecule has 1 aromatic heterocycles. The highest BCUT2D eigenvalue weighted by molar-refractivity contribution is 5.92. The van der Waals surface area contributed by atoms with Crippen LogP contribution < -0.4 is 10.1 Å². The predicted octanol–water partition coefficient (Wildman–Crippen LogP) is 1.46. The monoisotopic (exact) mass is 252 g/mol. The number of aromatic nitrogens is 1. The Morgan fingerprint density at radius 1 is 1.50 bits per heavy atom. The molecule has 0 saturated carbocycles. The maximum Gasteiger partial charge on any atom is 0.252 e. The van der Waals surface area contributed by atoms with Gasteiger partial charge in [-0.2, -0.15) is 4.98 Å². The molecule has 1 N–H and O–H groups in total. The average molecular weight is 252 g/mol. The number of amides is 1. The van der Waals surface area contributed by atoms with Gasteiger partial charge in [0.2, 0.25) is 5.91 Å². The van der Waals surface area contributed by atoms with E-state index in [4.69, 9.17) is 4.74 Å². The second-order valence-corrected chi connectivity index (χ2v) is 3.99. The summed E-state index contributed by atoms with van der Waals surface area (Å²) in [4.78, 5) is 25.3. The quantitative estimate of drug-likeness (QED) is 0.636. The lowest BCUT2D eigenvalue weighted by Crippen LogP contribution is -2.20. The van der Waals surface area contributed by atoms with Gasteiger partial charge in [-0.25, -0.2) is 4.39 Å². The van der Waals surface area contributed by atoms with Gasteiger partial charge >= 0.3 is 0 Å². The number of ether oxygens (including phenoxy) is 1. The topological polar surface area (TPSA) is 68.3 Å². The molecule has 1 amide bonds. The molecule has 1 aliphatic rings. The summed E-state index contributed by atoms with van der Waals surface area (Å²) in [6.07, 6.45) is 2.47. The Labute approximate surface area is 103 Å². The first-order valence-electron chi connectivity index (χ1n) is 5.76. The lowest BCUT2D eigenvalue weighted by atomic mass is 10.1. The van der Waals surface area contributed by atoms with Crippen molar-refractivity contribution in [2.75, 3.05) is 11.9 Å². The molecule has 1 aliphatic heterocycles. The van der Waals surface area contributed by atoms with E-state index in [1.165, 1.54) is 6.07 Å². The molecule has 1 aromatic rings. The van der Waals surface area contributed by atoms with E-state index in [2.05, 4.69) is 10.3 Å². The van der Waals surface area contributed by atoms with Crippen molar-refractivity contribution in [2.24, 2.45) is 0 Å². The molecule has 0 bridgehead atoms. The molecule has 0 atom stereocenters. The van der Waals surface area contributed by atoms with E-state index in [0.29, 0.717) is 37.1 Å². The van der Waals surface area contributed by atoms with Gasteiger partial charge in [-0.3, -0.25) is 4.79 Å². The molecule has 96 valence electrons. The zero-order chi connectivity index (χ0) is 13.0. The number of nitrogens with one attached hydrogen (secondary N) is 1. The van der Waals surface area contributed by atoms with E-state index in [1.54, 1.807) is 0 Å². The number of aldehydes is 1. The minimum absolute atomic E-state index is 0.131. The van der Waals surface area contributed by atoms with Crippen molar-refractivity contribution in [1.82, 2.24) is 4.98 Å². The number of pyridine rings is 1. The van der Waals surface area contributed by atoms with Crippen molar-refractivity contribution < 1.29 is 18.7 Å². The van der Waals surface area contributed by atoms with E-state index in [1.807, 2.05) is 0 Å². The van der Waals surface area contributed by atoms with Crippen LogP contribution in [0.25, 0.3) is 0 Å². The molecule has 0 saturated heterocycles. The molecule has 2 rings (SSSR count). The van der Waals surface area contributed by atoms with Crippen LogP contribution in [0.5, 0.6) is 5.88 Å². The summed E-state index contributed by atoms with van der Waals surface area (Å²) >= 11 is 0. The van der Waals surface area contributed by atoms with Gasteiger partial charge in [-0.15, -0.1) is 0 Å². The van der Waals surface area contributed by atoms with Crippen LogP contribution in [0, 0.1) is 5.82 Å². The zero-order valence-corrected chi connectivity index (χ0v) is 9.74. The Balaban J connectivity index is 2.08. The van der Waals surface area contributed by atoms with Crippen molar-refractivity contribution in [3.05, 3.63) is 17.4 Å². The number of unbranched alkanes of at least 4 members (excludes halogenated alkanes) is 1. The van der Waals surface area contributed by atoms with Crippen LogP contribution in [0.3, 0.4) is 0 Å². The largest absolute Gasteiger partial charge is 0.476 e. The molecule has 0 aromatic carbocycles. The fraction of sp³-hybridized carbons (Fsp3) is 0.417. The van der Waals surface area contributed by atoms with Crippen LogP contribution in [0.1, 0.15) is 24.8 Å². The van der Waals surface area contributed by atoms with Gasteiger partial charge in [0.05, 0.1) is 6.61 Å². The molecular formula is C12H13FN2O3. The predicted molar refractivity (Wildman–Crippen MR) is 61.9 cm³/mol. The third-order valence-electron chi connectivity index (χ3n) is 2.61. The number of halogens is 1. The van der Waals surface area contributed by atoms with E-state index < -0.39 is 5.82 Å². The number of aryl methyl sites for hydroxylation is 1. The van der Waals surface area contributed by atoms with Gasteiger partial charge in [0.15, 0.2) is 5.82 Å². The minimum atomic E-state index is -0.545. The summed E-state index contributed by atoms with van der Waals surface area (Å²) in [6, 6.07) is 1.33. The van der Waals surface area contributed by atoms with Gasteiger partial charge in [-0.1, -0.05) is 0 Å². The van der Waals surface area contributed by atoms with Crippen LogP contribution >= 0.6 is 0 Å². The lowest BCUT2D eigenvalue weighted by Gasteiger charge is -2.17. The second kappa shape index (κ2) is 5.57. The number of carbonyl (C=O) groups excluding carboxylic acids is 2. The third kappa shape index (κ3) is 2.82. The Kier molecular flexibility index (Phi) is 3.86. The van der Waals surface area contributed by atoms with Crippen molar-refractivity contribution in [2.45, 2.75) is 25.7 Å². The van der Waals surface area contributed by atoms with Crippen LogP contribution in [-0.2, 0) is 16.0 Å². The Morgan fingerprint density at radius 2 is 2.33 bits per heavy atom. The zero-order valence-electron chi connectivity index (χ0n) is 9.74. The SMILES string of the molecule is O=CCCCOc1nc2c(cc1F)CCC(=O)N2. The van der Waals surface area contributed by atoms with Crippen molar-refractivity contribution in [3.8, 4) is 5.88 Å². The van der Waals surface area contributed by atoms with Crippen LogP contribution in [-0.4, -0.2) is 23.8 Å². The molecule has 2 heterocycles. The van der Waals surface area contributed by atoms with Crippen molar-refractivity contribution in [1.29, 1.82) is 0 Å². The molecule has 6 heteroatoms. The third-order valence-corrected chi connectivity index (χ3v) is 2.61. The fourth-order valence-corrected chi connectivity index (χ4v) is 1.69. The van der Waals surface area contributed by atoms with Gasteiger partial charge in [0.25, 0.3) is 5.88 Å². The number of hydrogen-bond donors (Lipinski definition) is 1. The number of rotatable bonds is 5. The summed E-state index contributed by atoms with van der Waals surface area (Å²) < 4.78 is 18.8. The standard InChI is InChI=1S/C12H13FN2O3/c13-9-7-8-3-4-10(17)14-11(8)15-12(9)18-6-2-1-5-16/h5,7H,1-4,6H2,(H,14,15,17). The minimum Gasteiger partial charge on any atom is -0.476 e. The highest BCUT2D eigenvalue weighted by Gasteiger charge is 2.19. The number of anilines is 1. The summed E-state index contributed by atoms with van der Waals surface area (Å²) in [5.74, 6) is -0.454. The molecule has 0 radical (unpaired) electrons. The maximum atomic E-state index is 13.6. The second-order valence-electron chi connectivity index (χ2n) is 3.99. The first-order chi connectivity index (χ1) is 8.70. The maximum absolute atomic E-state index is 13.6. The Morgan fingerprint density at radius 3 is 3.11 bits per heavy atom. The van der Waals surface area contributed by atoms with E-state index in [-0.39, 0.29) is 18.4 Å². The van der Waals surface area contributed by atoms with Crippen LogP contribution in [0.4, 0.5) is 10.2 Å². The van der Waals surface area contributed by atoms with Gasteiger partial charge < -0.3 is 14.8 Å². The van der Waals surface area contributed by atoms with Crippen LogP contribution in [0.2, 0.25) is 0 Å². The Hall–Kier alpha value is -1.98. The molecule has 0 unspecified atom stereocenters. The number of hydrogen-bond acceptors (Lipinski definition) is 4.